The summed E-state index contributed by atoms with van der Waals surface area (Å²) in [5.74, 6) is -0.353. The Bertz CT molecular complexity index is 292. The van der Waals surface area contributed by atoms with E-state index >= 15 is 0 Å². The molecule has 2 N–H and O–H groups in total. The molecule has 1 aliphatic heterocycles. The van der Waals surface area contributed by atoms with Crippen molar-refractivity contribution in [2.45, 2.75) is 38.3 Å². The summed E-state index contributed by atoms with van der Waals surface area (Å²) in [5.41, 5.74) is 0. The van der Waals surface area contributed by atoms with Gasteiger partial charge in [0.25, 0.3) is 0 Å². The second-order valence-electron chi connectivity index (χ2n) is 4.49. The molecule has 2 amide bonds. The Morgan fingerprint density at radius 3 is 2.67 bits per heavy atom. The first-order valence-electron chi connectivity index (χ1n) is 5.38. The lowest BCUT2D eigenvalue weighted by molar-refractivity contribution is -0.138. The highest BCUT2D eigenvalue weighted by atomic mass is 16.4. The zero-order valence-electron chi connectivity index (χ0n) is 8.77. The van der Waals surface area contributed by atoms with E-state index < -0.39 is 12.0 Å². The van der Waals surface area contributed by atoms with Gasteiger partial charge >= 0.3 is 12.0 Å². The van der Waals surface area contributed by atoms with E-state index in [9.17, 15) is 9.59 Å². The molecule has 5 nitrogen and oxygen atoms in total. The molecule has 2 rings (SSSR count). The van der Waals surface area contributed by atoms with Crippen molar-refractivity contribution in [3.8, 4) is 0 Å². The lowest BCUT2D eigenvalue weighted by Crippen LogP contribution is -2.49. The average molecular weight is 212 g/mol. The van der Waals surface area contributed by atoms with Crippen LogP contribution in [0.3, 0.4) is 0 Å². The van der Waals surface area contributed by atoms with Crippen LogP contribution in [0.4, 0.5) is 4.79 Å². The van der Waals surface area contributed by atoms with Gasteiger partial charge < -0.3 is 15.3 Å². The molecule has 1 saturated heterocycles. The van der Waals surface area contributed by atoms with Crippen LogP contribution in [0.5, 0.6) is 0 Å². The minimum Gasteiger partial charge on any atom is -0.480 e. The van der Waals surface area contributed by atoms with Crippen LogP contribution in [-0.4, -0.2) is 40.6 Å². The van der Waals surface area contributed by atoms with Crippen LogP contribution >= 0.6 is 0 Å². The summed E-state index contributed by atoms with van der Waals surface area (Å²) in [6, 6.07) is -0.690. The summed E-state index contributed by atoms with van der Waals surface area (Å²) in [5, 5.41) is 11.2. The first kappa shape index (κ1) is 10.3. The minimum atomic E-state index is -0.993. The number of carboxylic acids is 1. The monoisotopic (exact) mass is 212 g/mol. The van der Waals surface area contributed by atoms with Gasteiger partial charge in [0.15, 0.2) is 0 Å². The van der Waals surface area contributed by atoms with E-state index in [0.717, 1.165) is 19.4 Å². The number of fused-ring (bicyclic) bond motifs is 2. The molecule has 5 heteroatoms. The summed E-state index contributed by atoms with van der Waals surface area (Å²) in [6.07, 6.45) is 3.37. The molecule has 0 aromatic carbocycles. The average Bonchev–Trinajstić information content (AvgIpc) is 2.78. The van der Waals surface area contributed by atoms with Crippen LogP contribution in [0.1, 0.15) is 26.2 Å². The summed E-state index contributed by atoms with van der Waals surface area (Å²) in [4.78, 5) is 24.1. The fourth-order valence-corrected chi connectivity index (χ4v) is 2.50. The van der Waals surface area contributed by atoms with E-state index in [0.29, 0.717) is 12.0 Å². The zero-order chi connectivity index (χ0) is 11.0. The van der Waals surface area contributed by atoms with Crippen molar-refractivity contribution in [2.24, 2.45) is 5.92 Å². The molecule has 2 bridgehead atoms. The minimum absolute atomic E-state index is 0.225. The first-order chi connectivity index (χ1) is 7.08. The van der Waals surface area contributed by atoms with Gasteiger partial charge in [0.2, 0.25) is 0 Å². The molecular weight excluding hydrogens is 196 g/mol. The van der Waals surface area contributed by atoms with Crippen LogP contribution in [0, 0.1) is 5.92 Å². The Balaban J connectivity index is 1.89. The number of amides is 2. The molecule has 1 aliphatic carbocycles. The highest BCUT2D eigenvalue weighted by Gasteiger charge is 2.40. The summed E-state index contributed by atoms with van der Waals surface area (Å²) >= 11 is 0. The number of hydrogen-bond donors (Lipinski definition) is 2. The quantitative estimate of drug-likeness (QED) is 0.706. The van der Waals surface area contributed by atoms with Gasteiger partial charge in [-0.2, -0.15) is 0 Å². The Labute approximate surface area is 88.4 Å². The van der Waals surface area contributed by atoms with E-state index in [4.69, 9.17) is 5.11 Å². The molecule has 3 atom stereocenters. The number of hydrogen-bond acceptors (Lipinski definition) is 2. The summed E-state index contributed by atoms with van der Waals surface area (Å²) < 4.78 is 0. The van der Waals surface area contributed by atoms with E-state index in [1.165, 1.54) is 13.3 Å². The van der Waals surface area contributed by atoms with Crippen molar-refractivity contribution in [2.75, 3.05) is 6.54 Å². The summed E-state index contributed by atoms with van der Waals surface area (Å²) in [7, 11) is 0. The van der Waals surface area contributed by atoms with Crippen LogP contribution in [0.15, 0.2) is 0 Å². The lowest BCUT2D eigenvalue weighted by atomic mass is 10.1. The number of likely N-dealkylation sites (tertiary alicyclic amines) is 1. The molecule has 0 spiro atoms. The first-order valence-corrected chi connectivity index (χ1v) is 5.38. The van der Waals surface area contributed by atoms with Gasteiger partial charge in [0.1, 0.15) is 6.04 Å². The number of aliphatic carboxylic acids is 1. The largest absolute Gasteiger partial charge is 0.480 e. The number of carboxylic acid groups (broad SMARTS) is 1. The lowest BCUT2D eigenvalue weighted by Gasteiger charge is -2.27. The van der Waals surface area contributed by atoms with Crippen molar-refractivity contribution in [1.82, 2.24) is 10.2 Å². The molecule has 0 unspecified atom stereocenters. The molecule has 2 aliphatic rings. The van der Waals surface area contributed by atoms with Crippen LogP contribution in [0.2, 0.25) is 0 Å². The molecule has 1 heterocycles. The summed E-state index contributed by atoms with van der Waals surface area (Å²) in [6.45, 7) is 2.28. The molecular formula is C10H16N2O3. The van der Waals surface area contributed by atoms with Crippen molar-refractivity contribution in [1.29, 1.82) is 0 Å². The second-order valence-corrected chi connectivity index (χ2v) is 4.49. The Morgan fingerprint density at radius 2 is 2.20 bits per heavy atom. The van der Waals surface area contributed by atoms with Crippen LogP contribution in [-0.2, 0) is 4.79 Å². The topological polar surface area (TPSA) is 69.6 Å². The maximum atomic E-state index is 11.7. The number of nitrogens with one attached hydrogen (secondary N) is 1. The van der Waals surface area contributed by atoms with Crippen molar-refractivity contribution in [3.05, 3.63) is 0 Å². The third-order valence-electron chi connectivity index (χ3n) is 3.38. The van der Waals surface area contributed by atoms with E-state index in [1.54, 1.807) is 4.90 Å². The van der Waals surface area contributed by atoms with Crippen molar-refractivity contribution >= 4 is 12.0 Å². The number of rotatable bonds is 2. The van der Waals surface area contributed by atoms with Gasteiger partial charge in [0.05, 0.1) is 0 Å². The number of urea groups is 1. The molecule has 0 radical (unpaired) electrons. The Kier molecular flexibility index (Phi) is 2.54. The third kappa shape index (κ3) is 1.91. The standard InChI is InChI=1S/C10H16N2O3/c1-6(9(13)14)11-10(15)12-5-7-2-3-8(12)4-7/h6-8H,2-5H2,1H3,(H,11,15)(H,13,14)/t6-,7-,8-/m0/s1. The van der Waals surface area contributed by atoms with Gasteiger partial charge in [0, 0.05) is 12.6 Å². The highest BCUT2D eigenvalue weighted by Crippen LogP contribution is 2.37. The number of carbonyl (C=O) groups excluding carboxylic acids is 1. The van der Waals surface area contributed by atoms with Gasteiger partial charge in [-0.15, -0.1) is 0 Å². The van der Waals surface area contributed by atoms with E-state index in [2.05, 4.69) is 5.32 Å². The second kappa shape index (κ2) is 3.72. The van der Waals surface area contributed by atoms with Gasteiger partial charge in [-0.1, -0.05) is 0 Å². The normalized spacial score (nSPS) is 30.3. The van der Waals surface area contributed by atoms with Crippen molar-refractivity contribution < 1.29 is 14.7 Å². The number of nitrogens with zero attached hydrogens (tertiary/aromatic N) is 1. The molecule has 2 fully saturated rings. The predicted molar refractivity (Wildman–Crippen MR) is 53.5 cm³/mol. The number of carbonyl (C=O) groups is 2. The fourth-order valence-electron chi connectivity index (χ4n) is 2.50. The van der Waals surface area contributed by atoms with Gasteiger partial charge in [-0.05, 0) is 32.1 Å². The molecule has 84 valence electrons. The number of piperidine rings is 1. The highest BCUT2D eigenvalue weighted by molar-refractivity contribution is 5.82. The fraction of sp³-hybridized carbons (Fsp3) is 0.800. The predicted octanol–water partition coefficient (Wildman–Crippen LogP) is 0.653. The SMILES string of the molecule is C[C@H](NC(=O)N1C[C@H]2CC[C@H]1C2)C(=O)O. The van der Waals surface area contributed by atoms with Crippen LogP contribution < -0.4 is 5.32 Å². The van der Waals surface area contributed by atoms with E-state index in [-0.39, 0.29) is 6.03 Å². The third-order valence-corrected chi connectivity index (χ3v) is 3.38. The zero-order valence-corrected chi connectivity index (χ0v) is 8.77. The van der Waals surface area contributed by atoms with Crippen LogP contribution in [0.25, 0.3) is 0 Å². The molecule has 0 aromatic rings. The molecule has 15 heavy (non-hydrogen) atoms. The smallest absolute Gasteiger partial charge is 0.325 e. The molecule has 0 aromatic heterocycles. The van der Waals surface area contributed by atoms with Gasteiger partial charge in [-0.25, -0.2) is 4.79 Å². The molecule has 1 saturated carbocycles. The Hall–Kier alpha value is -1.26. The Morgan fingerprint density at radius 1 is 1.47 bits per heavy atom. The maximum Gasteiger partial charge on any atom is 0.325 e. The van der Waals surface area contributed by atoms with E-state index in [1.807, 2.05) is 0 Å². The van der Waals surface area contributed by atoms with Crippen molar-refractivity contribution in [3.63, 3.8) is 0 Å². The van der Waals surface area contributed by atoms with Gasteiger partial charge in [-0.3, -0.25) is 4.79 Å². The maximum absolute atomic E-state index is 11.7.